The first-order valence-electron chi connectivity index (χ1n) is 6.80. The molecule has 22 heavy (non-hydrogen) atoms. The standard InChI is InChI=1S/C15H17N3O4/c1-17(9-10-3-5-11(6-4-10)15(21)22)14(20)12-7-8-13(19)18(2)16-12/h3-6H,7-9H2,1-2H3,(H,21,22). The van der Waals surface area contributed by atoms with Crippen molar-refractivity contribution in [1.29, 1.82) is 0 Å². The Morgan fingerprint density at radius 3 is 2.45 bits per heavy atom. The van der Waals surface area contributed by atoms with E-state index in [-0.39, 0.29) is 23.8 Å². The van der Waals surface area contributed by atoms with Gasteiger partial charge in [0.25, 0.3) is 5.91 Å². The highest BCUT2D eigenvalue weighted by atomic mass is 16.4. The topological polar surface area (TPSA) is 90.3 Å². The number of carbonyl (C=O) groups excluding carboxylic acids is 2. The molecule has 0 saturated heterocycles. The Balaban J connectivity index is 2.04. The van der Waals surface area contributed by atoms with Crippen LogP contribution in [-0.4, -0.2) is 52.6 Å². The Labute approximate surface area is 127 Å². The van der Waals surface area contributed by atoms with Crippen molar-refractivity contribution >= 4 is 23.5 Å². The van der Waals surface area contributed by atoms with Gasteiger partial charge in [0.15, 0.2) is 0 Å². The summed E-state index contributed by atoms with van der Waals surface area (Å²) in [5.41, 5.74) is 1.38. The van der Waals surface area contributed by atoms with E-state index in [4.69, 9.17) is 5.11 Å². The van der Waals surface area contributed by atoms with Crippen molar-refractivity contribution in [2.75, 3.05) is 14.1 Å². The molecule has 0 spiro atoms. The van der Waals surface area contributed by atoms with Crippen molar-refractivity contribution in [3.63, 3.8) is 0 Å². The van der Waals surface area contributed by atoms with Crippen LogP contribution in [0.2, 0.25) is 0 Å². The summed E-state index contributed by atoms with van der Waals surface area (Å²) < 4.78 is 0. The number of amides is 2. The van der Waals surface area contributed by atoms with Gasteiger partial charge in [0.2, 0.25) is 5.91 Å². The Bertz CT molecular complexity index is 637. The SMILES string of the molecule is CN(Cc1ccc(C(=O)O)cc1)C(=O)C1=NN(C)C(=O)CC1. The second-order valence-electron chi connectivity index (χ2n) is 5.13. The Kier molecular flexibility index (Phi) is 4.55. The van der Waals surface area contributed by atoms with Crippen LogP contribution in [0.1, 0.15) is 28.8 Å². The summed E-state index contributed by atoms with van der Waals surface area (Å²) >= 11 is 0. The quantitative estimate of drug-likeness (QED) is 0.896. The van der Waals surface area contributed by atoms with Crippen molar-refractivity contribution in [2.24, 2.45) is 5.10 Å². The first-order valence-corrected chi connectivity index (χ1v) is 6.80. The van der Waals surface area contributed by atoms with Crippen molar-refractivity contribution < 1.29 is 19.5 Å². The lowest BCUT2D eigenvalue weighted by molar-refractivity contribution is -0.130. The molecule has 1 heterocycles. The molecule has 0 radical (unpaired) electrons. The lowest BCUT2D eigenvalue weighted by atomic mass is 10.1. The molecule has 1 aromatic rings. The number of hydrogen-bond acceptors (Lipinski definition) is 4. The molecule has 116 valence electrons. The van der Waals surface area contributed by atoms with Crippen molar-refractivity contribution in [2.45, 2.75) is 19.4 Å². The average Bonchev–Trinajstić information content (AvgIpc) is 2.49. The number of carboxylic acids is 1. The summed E-state index contributed by atoms with van der Waals surface area (Å²) in [6.07, 6.45) is 0.618. The Morgan fingerprint density at radius 1 is 1.27 bits per heavy atom. The molecule has 0 unspecified atom stereocenters. The number of hydrazone groups is 1. The van der Waals surface area contributed by atoms with Crippen LogP contribution in [0.15, 0.2) is 29.4 Å². The van der Waals surface area contributed by atoms with Crippen molar-refractivity contribution in [3.05, 3.63) is 35.4 Å². The Hall–Kier alpha value is -2.70. The lowest BCUT2D eigenvalue weighted by Crippen LogP contribution is -2.38. The van der Waals surface area contributed by atoms with Gasteiger partial charge in [-0.1, -0.05) is 12.1 Å². The van der Waals surface area contributed by atoms with Crippen LogP contribution in [0, 0.1) is 0 Å². The molecule has 2 amide bonds. The van der Waals surface area contributed by atoms with Gasteiger partial charge in [-0.25, -0.2) is 9.80 Å². The minimum absolute atomic E-state index is 0.108. The molecule has 1 aliphatic rings. The minimum atomic E-state index is -0.986. The van der Waals surface area contributed by atoms with E-state index in [0.717, 1.165) is 5.56 Å². The number of carboxylic acid groups (broad SMARTS) is 1. The predicted octanol–water partition coefficient (Wildman–Crippen LogP) is 0.951. The molecule has 1 aliphatic heterocycles. The van der Waals surface area contributed by atoms with E-state index in [2.05, 4.69) is 5.10 Å². The monoisotopic (exact) mass is 303 g/mol. The zero-order valence-corrected chi connectivity index (χ0v) is 12.4. The van der Waals surface area contributed by atoms with Crippen LogP contribution in [0.5, 0.6) is 0 Å². The maximum absolute atomic E-state index is 12.3. The molecule has 1 N–H and O–H groups in total. The molecule has 1 aromatic carbocycles. The normalized spacial score (nSPS) is 14.5. The van der Waals surface area contributed by atoms with E-state index in [1.807, 2.05) is 0 Å². The third-order valence-corrected chi connectivity index (χ3v) is 3.42. The highest BCUT2D eigenvalue weighted by Crippen LogP contribution is 2.11. The molecule has 2 rings (SSSR count). The summed E-state index contributed by atoms with van der Waals surface area (Å²) in [7, 11) is 3.17. The van der Waals surface area contributed by atoms with Crippen LogP contribution in [-0.2, 0) is 16.1 Å². The van der Waals surface area contributed by atoms with Crippen molar-refractivity contribution in [3.8, 4) is 0 Å². The van der Waals surface area contributed by atoms with E-state index >= 15 is 0 Å². The zero-order chi connectivity index (χ0) is 16.3. The highest BCUT2D eigenvalue weighted by Gasteiger charge is 2.24. The molecule has 0 aromatic heterocycles. The van der Waals surface area contributed by atoms with Gasteiger partial charge in [-0.3, -0.25) is 9.59 Å². The van der Waals surface area contributed by atoms with Crippen LogP contribution in [0.25, 0.3) is 0 Å². The second kappa shape index (κ2) is 6.38. The van der Waals surface area contributed by atoms with Gasteiger partial charge in [0.05, 0.1) is 5.56 Å². The van der Waals surface area contributed by atoms with Gasteiger partial charge in [-0.2, -0.15) is 5.10 Å². The van der Waals surface area contributed by atoms with Crippen LogP contribution >= 0.6 is 0 Å². The predicted molar refractivity (Wildman–Crippen MR) is 79.3 cm³/mol. The number of rotatable bonds is 4. The molecule has 0 atom stereocenters. The number of aromatic carboxylic acids is 1. The number of benzene rings is 1. The summed E-state index contributed by atoms with van der Waals surface area (Å²) in [4.78, 5) is 35.9. The number of nitrogens with zero attached hydrogens (tertiary/aromatic N) is 3. The van der Waals surface area contributed by atoms with Gasteiger partial charge >= 0.3 is 5.97 Å². The average molecular weight is 303 g/mol. The number of carbonyl (C=O) groups is 3. The molecular weight excluding hydrogens is 286 g/mol. The van der Waals surface area contributed by atoms with Crippen molar-refractivity contribution in [1.82, 2.24) is 9.91 Å². The highest BCUT2D eigenvalue weighted by molar-refractivity contribution is 6.39. The molecule has 0 fully saturated rings. The van der Waals surface area contributed by atoms with Crippen LogP contribution in [0.3, 0.4) is 0 Å². The fourth-order valence-electron chi connectivity index (χ4n) is 2.14. The second-order valence-corrected chi connectivity index (χ2v) is 5.13. The first kappa shape index (κ1) is 15.7. The van der Waals surface area contributed by atoms with E-state index in [1.54, 1.807) is 19.2 Å². The van der Waals surface area contributed by atoms with Gasteiger partial charge in [0.1, 0.15) is 5.71 Å². The van der Waals surface area contributed by atoms with Gasteiger partial charge in [-0.15, -0.1) is 0 Å². The molecule has 7 heteroatoms. The third-order valence-electron chi connectivity index (χ3n) is 3.42. The Morgan fingerprint density at radius 2 is 1.91 bits per heavy atom. The largest absolute Gasteiger partial charge is 0.478 e. The smallest absolute Gasteiger partial charge is 0.335 e. The number of hydrogen-bond donors (Lipinski definition) is 1. The fourth-order valence-corrected chi connectivity index (χ4v) is 2.14. The summed E-state index contributed by atoms with van der Waals surface area (Å²) in [6.45, 7) is 0.343. The third kappa shape index (κ3) is 3.49. The van der Waals surface area contributed by atoms with Crippen LogP contribution < -0.4 is 0 Å². The first-order chi connectivity index (χ1) is 10.4. The lowest BCUT2D eigenvalue weighted by Gasteiger charge is -2.23. The molecule has 0 bridgehead atoms. The zero-order valence-electron chi connectivity index (χ0n) is 12.4. The van der Waals surface area contributed by atoms with E-state index in [1.165, 1.54) is 29.1 Å². The fraction of sp³-hybridized carbons (Fsp3) is 0.333. The molecule has 7 nitrogen and oxygen atoms in total. The van der Waals surface area contributed by atoms with Gasteiger partial charge < -0.3 is 10.0 Å². The summed E-state index contributed by atoms with van der Waals surface area (Å²) in [5.74, 6) is -1.33. The van der Waals surface area contributed by atoms with Gasteiger partial charge in [0, 0.05) is 33.5 Å². The minimum Gasteiger partial charge on any atom is -0.478 e. The van der Waals surface area contributed by atoms with Gasteiger partial charge in [-0.05, 0) is 17.7 Å². The summed E-state index contributed by atoms with van der Waals surface area (Å²) in [6, 6.07) is 6.35. The van der Waals surface area contributed by atoms with E-state index in [0.29, 0.717) is 18.7 Å². The molecular formula is C15H17N3O4. The van der Waals surface area contributed by atoms with Crippen LogP contribution in [0.4, 0.5) is 0 Å². The maximum Gasteiger partial charge on any atom is 0.335 e. The molecule has 0 aliphatic carbocycles. The molecule has 0 saturated carbocycles. The van der Waals surface area contributed by atoms with E-state index < -0.39 is 5.97 Å². The summed E-state index contributed by atoms with van der Waals surface area (Å²) in [5, 5.41) is 14.0. The maximum atomic E-state index is 12.3. The van der Waals surface area contributed by atoms with E-state index in [9.17, 15) is 14.4 Å².